The summed E-state index contributed by atoms with van der Waals surface area (Å²) in [5.74, 6) is 0.869. The van der Waals surface area contributed by atoms with Crippen LogP contribution in [-0.2, 0) is 65.4 Å². The van der Waals surface area contributed by atoms with Crippen molar-refractivity contribution in [2.45, 2.75) is 375 Å². The summed E-state index contributed by atoms with van der Waals surface area (Å²) in [5, 5.41) is 10.6. The van der Waals surface area contributed by atoms with Crippen molar-refractivity contribution in [1.82, 2.24) is 0 Å². The van der Waals surface area contributed by atoms with Gasteiger partial charge in [-0.3, -0.25) is 37.3 Å². The van der Waals surface area contributed by atoms with Gasteiger partial charge in [-0.15, -0.1) is 0 Å². The highest BCUT2D eigenvalue weighted by molar-refractivity contribution is 7.47. The molecule has 3 N–H and O–H groups in total. The zero-order chi connectivity index (χ0) is 67.5. The first-order valence-corrected chi connectivity index (χ1v) is 40.3. The second-order valence-electron chi connectivity index (χ2n) is 27.2. The summed E-state index contributed by atoms with van der Waals surface area (Å²) in [6, 6.07) is 0. The monoisotopic (exact) mass is 1340 g/mol. The van der Waals surface area contributed by atoms with Crippen LogP contribution in [0.1, 0.15) is 357 Å². The lowest BCUT2D eigenvalue weighted by Crippen LogP contribution is -2.30. The van der Waals surface area contributed by atoms with E-state index in [1.165, 1.54) is 148 Å². The summed E-state index contributed by atoms with van der Waals surface area (Å²) in [4.78, 5) is 72.5. The number of phosphoric ester groups is 2. The average Bonchev–Trinajstić information content (AvgIpc) is 2.80. The van der Waals surface area contributed by atoms with Crippen molar-refractivity contribution in [3.05, 3.63) is 0 Å². The Morgan fingerprint density at radius 2 is 0.527 bits per heavy atom. The smallest absolute Gasteiger partial charge is 0.462 e. The van der Waals surface area contributed by atoms with Gasteiger partial charge in [-0.05, 0) is 49.4 Å². The third kappa shape index (κ3) is 62.6. The van der Waals surface area contributed by atoms with E-state index in [0.29, 0.717) is 25.7 Å². The van der Waals surface area contributed by atoms with Gasteiger partial charge >= 0.3 is 39.5 Å². The van der Waals surface area contributed by atoms with E-state index in [9.17, 15) is 43.2 Å². The van der Waals surface area contributed by atoms with Crippen LogP contribution in [0.4, 0.5) is 0 Å². The number of unbranched alkanes of at least 4 members (excludes halogenated alkanes) is 32. The predicted octanol–water partition coefficient (Wildman–Crippen LogP) is 20.5. The first-order valence-electron chi connectivity index (χ1n) is 37.3. The quantitative estimate of drug-likeness (QED) is 0.0222. The zero-order valence-electron chi connectivity index (χ0n) is 59.5. The van der Waals surface area contributed by atoms with Crippen LogP contribution in [0.5, 0.6) is 0 Å². The van der Waals surface area contributed by atoms with Crippen LogP contribution < -0.4 is 0 Å². The van der Waals surface area contributed by atoms with Crippen LogP contribution in [-0.4, -0.2) is 96.7 Å². The molecule has 0 amide bonds. The Morgan fingerprint density at radius 3 is 0.780 bits per heavy atom. The van der Waals surface area contributed by atoms with E-state index in [-0.39, 0.29) is 25.7 Å². The second kappa shape index (κ2) is 61.6. The van der Waals surface area contributed by atoms with Gasteiger partial charge in [0.15, 0.2) is 12.2 Å². The van der Waals surface area contributed by atoms with E-state index >= 15 is 0 Å². The maximum atomic E-state index is 13.0. The molecule has 0 aliphatic carbocycles. The molecule has 0 fully saturated rings. The molecule has 8 atom stereocenters. The van der Waals surface area contributed by atoms with Gasteiger partial charge in [-0.25, -0.2) is 9.13 Å². The van der Waals surface area contributed by atoms with Gasteiger partial charge in [0, 0.05) is 25.7 Å². The third-order valence-corrected chi connectivity index (χ3v) is 19.6. The molecule has 0 bridgehead atoms. The van der Waals surface area contributed by atoms with Gasteiger partial charge in [0.1, 0.15) is 19.3 Å². The van der Waals surface area contributed by atoms with E-state index in [4.69, 9.17) is 37.0 Å². The fourth-order valence-corrected chi connectivity index (χ4v) is 12.3. The zero-order valence-corrected chi connectivity index (χ0v) is 61.3. The van der Waals surface area contributed by atoms with Gasteiger partial charge in [-0.1, -0.05) is 306 Å². The van der Waals surface area contributed by atoms with Crippen molar-refractivity contribution < 1.29 is 80.2 Å². The molecular weight excluding hydrogens is 1200 g/mol. The fourth-order valence-electron chi connectivity index (χ4n) is 10.7. The second-order valence-corrected chi connectivity index (χ2v) is 30.1. The number of hydrogen-bond acceptors (Lipinski definition) is 15. The highest BCUT2D eigenvalue weighted by Gasteiger charge is 2.30. The van der Waals surface area contributed by atoms with Crippen LogP contribution in [0.2, 0.25) is 0 Å². The molecule has 0 rings (SSSR count). The van der Waals surface area contributed by atoms with E-state index < -0.39 is 97.5 Å². The Hall–Kier alpha value is -1.94. The van der Waals surface area contributed by atoms with Gasteiger partial charge in [0.2, 0.25) is 0 Å². The predicted molar refractivity (Wildman–Crippen MR) is 367 cm³/mol. The van der Waals surface area contributed by atoms with Crippen LogP contribution >= 0.6 is 15.6 Å². The lowest BCUT2D eigenvalue weighted by Gasteiger charge is -2.21. The van der Waals surface area contributed by atoms with E-state index in [0.717, 1.165) is 126 Å². The van der Waals surface area contributed by atoms with Crippen molar-refractivity contribution in [2.75, 3.05) is 39.6 Å². The average molecular weight is 1340 g/mol. The van der Waals surface area contributed by atoms with Crippen molar-refractivity contribution in [1.29, 1.82) is 0 Å². The van der Waals surface area contributed by atoms with Crippen LogP contribution in [0, 0.1) is 23.7 Å². The molecule has 0 aliphatic rings. The topological polar surface area (TPSA) is 237 Å². The number of aliphatic hydroxyl groups is 1. The lowest BCUT2D eigenvalue weighted by atomic mass is 10.00. The van der Waals surface area contributed by atoms with E-state index in [1.807, 2.05) is 0 Å². The summed E-state index contributed by atoms with van der Waals surface area (Å²) in [5.41, 5.74) is 0. The van der Waals surface area contributed by atoms with Crippen LogP contribution in [0.3, 0.4) is 0 Å². The van der Waals surface area contributed by atoms with Crippen molar-refractivity contribution in [2.24, 2.45) is 23.7 Å². The Balaban J connectivity index is 5.17. The SMILES string of the molecule is CCC(C)CCCCCCCCC(=O)OC[C@H](COP(=O)(O)OC[C@@H](O)COP(=O)(O)OC[C@@H](COC(=O)CCCCCCCCC(C)CC)OC(=O)CCCCCCCCC(C)CC)OC(=O)CCCCCCCCCCCCCCCCCCCCC(C)C. The summed E-state index contributed by atoms with van der Waals surface area (Å²) in [6.07, 6.45) is 44.7. The van der Waals surface area contributed by atoms with Gasteiger partial charge in [-0.2, -0.15) is 0 Å². The number of phosphoric acid groups is 2. The van der Waals surface area contributed by atoms with Gasteiger partial charge in [0.25, 0.3) is 0 Å². The number of ether oxygens (including phenoxy) is 4. The largest absolute Gasteiger partial charge is 0.472 e. The molecule has 0 spiro atoms. The molecule has 17 nitrogen and oxygen atoms in total. The molecule has 19 heteroatoms. The molecule has 0 aromatic rings. The molecule has 0 aromatic heterocycles. The lowest BCUT2D eigenvalue weighted by molar-refractivity contribution is -0.161. The Bertz CT molecular complexity index is 1800. The Morgan fingerprint density at radius 1 is 0.308 bits per heavy atom. The molecule has 0 saturated carbocycles. The molecule has 5 unspecified atom stereocenters. The highest BCUT2D eigenvalue weighted by Crippen LogP contribution is 2.45. The molecule has 91 heavy (non-hydrogen) atoms. The van der Waals surface area contributed by atoms with E-state index in [1.54, 1.807) is 0 Å². The molecule has 0 heterocycles. The number of rotatable bonds is 69. The summed E-state index contributed by atoms with van der Waals surface area (Å²) in [7, 11) is -9.90. The number of esters is 4. The molecule has 0 saturated heterocycles. The Kier molecular flexibility index (Phi) is 60.3. The van der Waals surface area contributed by atoms with Gasteiger partial charge in [0.05, 0.1) is 26.4 Å². The maximum absolute atomic E-state index is 13.0. The van der Waals surface area contributed by atoms with Crippen molar-refractivity contribution >= 4 is 39.5 Å². The minimum atomic E-state index is -4.95. The minimum absolute atomic E-state index is 0.102. The summed E-state index contributed by atoms with van der Waals surface area (Å²) in [6.45, 7) is 14.1. The van der Waals surface area contributed by atoms with Crippen molar-refractivity contribution in [3.8, 4) is 0 Å². The van der Waals surface area contributed by atoms with E-state index in [2.05, 4.69) is 55.4 Å². The first-order chi connectivity index (χ1) is 43.7. The molecule has 0 radical (unpaired) electrons. The fraction of sp³-hybridized carbons (Fsp3) is 0.944. The first kappa shape index (κ1) is 89.1. The number of aliphatic hydroxyl groups excluding tert-OH is 1. The minimum Gasteiger partial charge on any atom is -0.462 e. The van der Waals surface area contributed by atoms with Crippen molar-refractivity contribution in [3.63, 3.8) is 0 Å². The Labute approximate surface area is 556 Å². The van der Waals surface area contributed by atoms with Gasteiger partial charge < -0.3 is 33.8 Å². The summed E-state index contributed by atoms with van der Waals surface area (Å²) < 4.78 is 68.3. The normalized spacial score (nSPS) is 15.1. The molecule has 540 valence electrons. The number of carbonyl (C=O) groups is 4. The third-order valence-electron chi connectivity index (χ3n) is 17.7. The van der Waals surface area contributed by atoms with Crippen LogP contribution in [0.25, 0.3) is 0 Å². The van der Waals surface area contributed by atoms with Crippen LogP contribution in [0.15, 0.2) is 0 Å². The molecule has 0 aliphatic heterocycles. The maximum Gasteiger partial charge on any atom is 0.472 e. The standard InChI is InChI=1S/C72H140O17P2/c1-9-63(6)49-41-33-26-29-36-44-52-69(74)82-58-67(88-71(76)54-46-38-25-23-21-19-17-15-13-12-14-16-18-20-22-24-32-40-48-62(4)5)60-86-90(78,79)84-56-66(73)57-85-91(80,81)87-61-68(89-72(77)55-47-39-31-28-35-43-51-65(8)11-3)59-83-70(75)53-45-37-30-27-34-42-50-64(7)10-2/h62-68,73H,9-61H2,1-8H3,(H,78,79)(H,80,81)/t63?,64?,65?,66-,67-,68-/m1/s1. The highest BCUT2D eigenvalue weighted by atomic mass is 31.2. The molecule has 0 aromatic carbocycles. The molecular formula is C72H140O17P2. The summed E-state index contributed by atoms with van der Waals surface area (Å²) >= 11 is 0. The number of carbonyl (C=O) groups excluding carboxylic acids is 4. The number of hydrogen-bond donors (Lipinski definition) is 3.